The average Bonchev–Trinajstić information content (AvgIpc) is 2.16. The Labute approximate surface area is 94.1 Å². The highest BCUT2D eigenvalue weighted by Crippen LogP contribution is 2.00. The summed E-state index contributed by atoms with van der Waals surface area (Å²) in [7, 11) is 0. The van der Waals surface area contributed by atoms with Crippen molar-refractivity contribution in [2.24, 2.45) is 0 Å². The second kappa shape index (κ2) is 5.83. The van der Waals surface area contributed by atoms with E-state index in [1.165, 1.54) is 0 Å². The summed E-state index contributed by atoms with van der Waals surface area (Å²) in [5.41, 5.74) is 0.768. The number of nitrogens with zero attached hydrogens (tertiary/aromatic N) is 3. The summed E-state index contributed by atoms with van der Waals surface area (Å²) in [6.07, 6.45) is 6.82. The lowest BCUT2D eigenvalue weighted by Gasteiger charge is -2.16. The Kier molecular flexibility index (Phi) is 4.42. The molecule has 5 heteroatoms. The van der Waals surface area contributed by atoms with Gasteiger partial charge in [-0.25, -0.2) is 9.97 Å². The van der Waals surface area contributed by atoms with Gasteiger partial charge in [0.2, 0.25) is 0 Å². The third-order valence-corrected chi connectivity index (χ3v) is 1.89. The molecule has 1 rings (SSSR count). The van der Waals surface area contributed by atoms with E-state index in [0.717, 1.165) is 5.69 Å². The molecule has 1 heterocycles. The normalized spacial score (nSPS) is 10.1. The monoisotopic (exact) mass is 219 g/mol. The molecule has 0 unspecified atom stereocenters. The highest BCUT2D eigenvalue weighted by atomic mass is 16.4. The SMILES string of the molecule is C#CCN(CC(=O)O)Cc1ccnc(C)n1. The minimum absolute atomic E-state index is 0.0900. The fraction of sp³-hybridized carbons (Fsp3) is 0.364. The quantitative estimate of drug-likeness (QED) is 0.722. The van der Waals surface area contributed by atoms with Gasteiger partial charge in [0.15, 0.2) is 0 Å². The zero-order valence-electron chi connectivity index (χ0n) is 9.05. The van der Waals surface area contributed by atoms with Crippen molar-refractivity contribution < 1.29 is 9.90 Å². The van der Waals surface area contributed by atoms with Gasteiger partial charge in [0.25, 0.3) is 0 Å². The van der Waals surface area contributed by atoms with Crippen LogP contribution in [0.1, 0.15) is 11.5 Å². The number of carbonyl (C=O) groups is 1. The second-order valence-corrected chi connectivity index (χ2v) is 3.34. The zero-order chi connectivity index (χ0) is 12.0. The summed E-state index contributed by atoms with van der Waals surface area (Å²) >= 11 is 0. The minimum atomic E-state index is -0.902. The second-order valence-electron chi connectivity index (χ2n) is 3.34. The molecule has 1 N–H and O–H groups in total. The van der Waals surface area contributed by atoms with Gasteiger partial charge in [-0.3, -0.25) is 9.69 Å². The first kappa shape index (κ1) is 12.1. The topological polar surface area (TPSA) is 66.3 Å². The van der Waals surface area contributed by atoms with Crippen molar-refractivity contribution in [3.63, 3.8) is 0 Å². The summed E-state index contributed by atoms with van der Waals surface area (Å²) in [5.74, 6) is 2.19. The third-order valence-electron chi connectivity index (χ3n) is 1.89. The highest BCUT2D eigenvalue weighted by molar-refractivity contribution is 5.69. The Hall–Kier alpha value is -1.93. The fourth-order valence-electron chi connectivity index (χ4n) is 1.31. The molecule has 0 atom stereocenters. The van der Waals surface area contributed by atoms with Gasteiger partial charge in [0.05, 0.1) is 18.8 Å². The molecule has 0 aliphatic rings. The molecule has 0 amide bonds. The molecule has 84 valence electrons. The molecule has 0 aliphatic carbocycles. The van der Waals surface area contributed by atoms with E-state index >= 15 is 0 Å². The van der Waals surface area contributed by atoms with Crippen LogP contribution in [-0.2, 0) is 11.3 Å². The lowest BCUT2D eigenvalue weighted by Crippen LogP contribution is -2.30. The van der Waals surface area contributed by atoms with Gasteiger partial charge < -0.3 is 5.11 Å². The van der Waals surface area contributed by atoms with Crippen molar-refractivity contribution in [2.75, 3.05) is 13.1 Å². The Morgan fingerprint density at radius 1 is 1.69 bits per heavy atom. The molecule has 0 bridgehead atoms. The number of carboxylic acid groups (broad SMARTS) is 1. The largest absolute Gasteiger partial charge is 0.480 e. The number of hydrogen-bond donors (Lipinski definition) is 1. The van der Waals surface area contributed by atoms with Crippen molar-refractivity contribution in [1.82, 2.24) is 14.9 Å². The van der Waals surface area contributed by atoms with Crippen LogP contribution in [-0.4, -0.2) is 39.0 Å². The van der Waals surface area contributed by atoms with Gasteiger partial charge in [-0.2, -0.15) is 0 Å². The van der Waals surface area contributed by atoms with E-state index in [1.807, 2.05) is 0 Å². The molecule has 0 spiro atoms. The van der Waals surface area contributed by atoms with E-state index in [1.54, 1.807) is 24.1 Å². The molecular weight excluding hydrogens is 206 g/mol. The van der Waals surface area contributed by atoms with Crippen molar-refractivity contribution >= 4 is 5.97 Å². The lowest BCUT2D eigenvalue weighted by atomic mass is 10.3. The van der Waals surface area contributed by atoms with Crippen molar-refractivity contribution in [3.8, 4) is 12.3 Å². The number of aromatic nitrogens is 2. The van der Waals surface area contributed by atoms with Crippen LogP contribution in [0.3, 0.4) is 0 Å². The lowest BCUT2D eigenvalue weighted by molar-refractivity contribution is -0.138. The van der Waals surface area contributed by atoms with Crippen LogP contribution in [0.25, 0.3) is 0 Å². The van der Waals surface area contributed by atoms with Crippen LogP contribution in [0.2, 0.25) is 0 Å². The van der Waals surface area contributed by atoms with Crippen LogP contribution in [0.5, 0.6) is 0 Å². The van der Waals surface area contributed by atoms with Crippen molar-refractivity contribution in [1.29, 1.82) is 0 Å². The highest BCUT2D eigenvalue weighted by Gasteiger charge is 2.09. The summed E-state index contributed by atoms with van der Waals surface area (Å²) in [6, 6.07) is 1.75. The molecule has 0 fully saturated rings. The molecule has 0 saturated carbocycles. The van der Waals surface area contributed by atoms with E-state index in [-0.39, 0.29) is 13.1 Å². The van der Waals surface area contributed by atoms with Crippen LogP contribution < -0.4 is 0 Å². The Bertz CT molecular complexity index is 412. The van der Waals surface area contributed by atoms with Crippen LogP contribution in [0.4, 0.5) is 0 Å². The first-order valence-corrected chi connectivity index (χ1v) is 4.78. The fourth-order valence-corrected chi connectivity index (χ4v) is 1.31. The smallest absolute Gasteiger partial charge is 0.317 e. The van der Waals surface area contributed by atoms with Gasteiger partial charge in [-0.15, -0.1) is 6.42 Å². The first-order valence-electron chi connectivity index (χ1n) is 4.78. The summed E-state index contributed by atoms with van der Waals surface area (Å²) < 4.78 is 0. The molecule has 0 aromatic carbocycles. The molecule has 16 heavy (non-hydrogen) atoms. The molecule has 1 aromatic rings. The van der Waals surface area contributed by atoms with E-state index in [2.05, 4.69) is 15.9 Å². The summed E-state index contributed by atoms with van der Waals surface area (Å²) in [5, 5.41) is 8.70. The zero-order valence-corrected chi connectivity index (χ0v) is 9.05. The third kappa shape index (κ3) is 4.07. The van der Waals surface area contributed by atoms with Crippen LogP contribution >= 0.6 is 0 Å². The van der Waals surface area contributed by atoms with E-state index in [4.69, 9.17) is 11.5 Å². The number of terminal acetylenes is 1. The maximum Gasteiger partial charge on any atom is 0.317 e. The standard InChI is InChI=1S/C11H13N3O2/c1-3-6-14(8-11(15)16)7-10-4-5-12-9(2)13-10/h1,4-5H,6-8H2,2H3,(H,15,16). The van der Waals surface area contributed by atoms with Gasteiger partial charge in [0.1, 0.15) is 5.82 Å². The van der Waals surface area contributed by atoms with E-state index in [0.29, 0.717) is 12.4 Å². The Balaban J connectivity index is 2.68. The average molecular weight is 219 g/mol. The molecule has 1 aromatic heterocycles. The molecule has 5 nitrogen and oxygen atoms in total. The Morgan fingerprint density at radius 3 is 3.00 bits per heavy atom. The number of hydrogen-bond acceptors (Lipinski definition) is 4. The van der Waals surface area contributed by atoms with E-state index in [9.17, 15) is 4.79 Å². The number of aryl methyl sites for hydroxylation is 1. The van der Waals surface area contributed by atoms with Crippen molar-refractivity contribution in [3.05, 3.63) is 23.8 Å². The van der Waals surface area contributed by atoms with Crippen molar-refractivity contribution in [2.45, 2.75) is 13.5 Å². The van der Waals surface area contributed by atoms with Crippen LogP contribution in [0, 0.1) is 19.3 Å². The number of rotatable bonds is 5. The van der Waals surface area contributed by atoms with Gasteiger partial charge in [-0.05, 0) is 13.0 Å². The predicted molar refractivity (Wildman–Crippen MR) is 58.5 cm³/mol. The van der Waals surface area contributed by atoms with Crippen LogP contribution in [0.15, 0.2) is 12.3 Å². The maximum absolute atomic E-state index is 10.6. The molecule has 0 aliphatic heterocycles. The Morgan fingerprint density at radius 2 is 2.44 bits per heavy atom. The molecular formula is C11H13N3O2. The van der Waals surface area contributed by atoms with Gasteiger partial charge in [0, 0.05) is 12.7 Å². The molecule has 0 saturated heterocycles. The number of carboxylic acids is 1. The minimum Gasteiger partial charge on any atom is -0.480 e. The predicted octanol–water partition coefficient (Wildman–Crippen LogP) is 0.305. The van der Waals surface area contributed by atoms with E-state index < -0.39 is 5.97 Å². The molecule has 0 radical (unpaired) electrons. The summed E-state index contributed by atoms with van der Waals surface area (Å²) in [4.78, 5) is 20.4. The maximum atomic E-state index is 10.6. The summed E-state index contributed by atoms with van der Waals surface area (Å²) in [6.45, 7) is 2.40. The van der Waals surface area contributed by atoms with Gasteiger partial charge >= 0.3 is 5.97 Å². The first-order chi connectivity index (χ1) is 7.61. The number of aliphatic carboxylic acids is 1. The van der Waals surface area contributed by atoms with Gasteiger partial charge in [-0.1, -0.05) is 5.92 Å².